The van der Waals surface area contributed by atoms with E-state index in [0.717, 1.165) is 12.0 Å². The van der Waals surface area contributed by atoms with Crippen molar-refractivity contribution in [3.8, 4) is 0 Å². The van der Waals surface area contributed by atoms with Crippen LogP contribution < -0.4 is 5.32 Å². The summed E-state index contributed by atoms with van der Waals surface area (Å²) in [6.45, 7) is 1.68. The number of nitrogens with one attached hydrogen (secondary N) is 1. The molecule has 0 amide bonds. The first-order valence-corrected chi connectivity index (χ1v) is 8.22. The van der Waals surface area contributed by atoms with E-state index in [1.54, 1.807) is 13.2 Å². The van der Waals surface area contributed by atoms with Gasteiger partial charge in [-0.3, -0.25) is 0 Å². The molecule has 1 N–H and O–H groups in total. The van der Waals surface area contributed by atoms with Gasteiger partial charge in [0.1, 0.15) is 9.84 Å². The zero-order valence-corrected chi connectivity index (χ0v) is 12.5. The summed E-state index contributed by atoms with van der Waals surface area (Å²) >= 11 is 3.33. The third kappa shape index (κ3) is 4.44. The Balaban J connectivity index is 2.52. The van der Waals surface area contributed by atoms with Gasteiger partial charge in [-0.1, -0.05) is 6.92 Å². The van der Waals surface area contributed by atoms with Crippen molar-refractivity contribution in [3.05, 3.63) is 22.6 Å². The number of furan rings is 1. The summed E-state index contributed by atoms with van der Waals surface area (Å²) in [6.07, 6.45) is 3.04. The van der Waals surface area contributed by atoms with E-state index in [1.807, 2.05) is 13.1 Å². The quantitative estimate of drug-likeness (QED) is 0.837. The Bertz CT molecular complexity index is 441. The maximum Gasteiger partial charge on any atom is 0.173 e. The molecule has 0 radical (unpaired) electrons. The number of halogens is 1. The summed E-state index contributed by atoms with van der Waals surface area (Å²) < 4.78 is 28.6. The van der Waals surface area contributed by atoms with E-state index in [9.17, 15) is 8.42 Å². The average molecular weight is 324 g/mol. The molecule has 6 heteroatoms. The van der Waals surface area contributed by atoms with Crippen LogP contribution in [0.5, 0.6) is 0 Å². The van der Waals surface area contributed by atoms with Crippen molar-refractivity contribution >= 4 is 25.8 Å². The Kier molecular flexibility index (Phi) is 5.69. The Morgan fingerprint density at radius 2 is 2.24 bits per heavy atom. The minimum absolute atomic E-state index is 0.121. The van der Waals surface area contributed by atoms with E-state index in [4.69, 9.17) is 4.42 Å². The van der Waals surface area contributed by atoms with E-state index >= 15 is 0 Å². The predicted molar refractivity (Wildman–Crippen MR) is 71.8 cm³/mol. The Labute approximate surface area is 111 Å². The van der Waals surface area contributed by atoms with Crippen LogP contribution in [0.25, 0.3) is 0 Å². The van der Waals surface area contributed by atoms with Gasteiger partial charge in [0, 0.05) is 17.4 Å². The standard InChI is InChI=1S/C11H18BrNO3S/c1-3-17(14,15)8-4-5-10(13-2)9-6-7-16-11(9)12/h6-7,10,13H,3-5,8H2,1-2H3. The smallest absolute Gasteiger partial charge is 0.173 e. The van der Waals surface area contributed by atoms with Crippen molar-refractivity contribution in [2.75, 3.05) is 18.6 Å². The highest BCUT2D eigenvalue weighted by Gasteiger charge is 2.16. The molecule has 1 atom stereocenters. The molecule has 1 aromatic rings. The Morgan fingerprint density at radius 1 is 1.53 bits per heavy atom. The lowest BCUT2D eigenvalue weighted by Crippen LogP contribution is -2.18. The molecule has 0 aliphatic heterocycles. The molecule has 0 spiro atoms. The molecule has 0 saturated carbocycles. The van der Waals surface area contributed by atoms with Gasteiger partial charge in [0.2, 0.25) is 0 Å². The van der Waals surface area contributed by atoms with Crippen LogP contribution in [-0.2, 0) is 9.84 Å². The van der Waals surface area contributed by atoms with Crippen molar-refractivity contribution in [3.63, 3.8) is 0 Å². The van der Waals surface area contributed by atoms with Gasteiger partial charge >= 0.3 is 0 Å². The first-order valence-electron chi connectivity index (χ1n) is 5.60. The predicted octanol–water partition coefficient (Wildman–Crippen LogP) is 2.52. The second-order valence-corrected chi connectivity index (χ2v) is 7.06. The van der Waals surface area contributed by atoms with Crippen molar-refractivity contribution < 1.29 is 12.8 Å². The minimum Gasteiger partial charge on any atom is -0.457 e. The molecule has 17 heavy (non-hydrogen) atoms. The fourth-order valence-corrected chi connectivity index (χ4v) is 3.07. The molecule has 0 aliphatic carbocycles. The summed E-state index contributed by atoms with van der Waals surface area (Å²) in [5.74, 6) is 0.462. The lowest BCUT2D eigenvalue weighted by molar-refractivity contribution is 0.501. The number of hydrogen-bond donors (Lipinski definition) is 1. The third-order valence-corrected chi connectivity index (χ3v) is 5.19. The molecular formula is C11H18BrNO3S. The third-order valence-electron chi connectivity index (χ3n) is 2.76. The molecule has 0 fully saturated rings. The molecule has 0 bridgehead atoms. The molecular weight excluding hydrogens is 306 g/mol. The van der Waals surface area contributed by atoms with E-state index in [1.165, 1.54) is 0 Å². The van der Waals surface area contributed by atoms with Crippen molar-refractivity contribution in [1.29, 1.82) is 0 Å². The number of hydrogen-bond acceptors (Lipinski definition) is 4. The number of rotatable bonds is 7. The molecule has 1 aromatic heterocycles. The van der Waals surface area contributed by atoms with Crippen LogP contribution in [0.15, 0.2) is 21.4 Å². The number of sulfone groups is 1. The normalized spacial score (nSPS) is 13.8. The largest absolute Gasteiger partial charge is 0.457 e. The van der Waals surface area contributed by atoms with Gasteiger partial charge in [-0.25, -0.2) is 8.42 Å². The summed E-state index contributed by atoms with van der Waals surface area (Å²) in [5, 5.41) is 3.16. The van der Waals surface area contributed by atoms with Crippen molar-refractivity contribution in [2.24, 2.45) is 0 Å². The minimum atomic E-state index is -2.87. The Morgan fingerprint density at radius 3 is 2.71 bits per heavy atom. The van der Waals surface area contributed by atoms with Crippen LogP contribution >= 0.6 is 15.9 Å². The van der Waals surface area contributed by atoms with Gasteiger partial charge in [0.25, 0.3) is 0 Å². The first-order chi connectivity index (χ1) is 8.00. The molecule has 1 rings (SSSR count). The highest BCUT2D eigenvalue weighted by atomic mass is 79.9. The SMILES string of the molecule is CCS(=O)(=O)CCCC(NC)c1ccoc1Br. The van der Waals surface area contributed by atoms with E-state index in [-0.39, 0.29) is 17.5 Å². The second-order valence-electron chi connectivity index (χ2n) is 3.87. The van der Waals surface area contributed by atoms with Crippen molar-refractivity contribution in [1.82, 2.24) is 5.32 Å². The van der Waals surface area contributed by atoms with Crippen LogP contribution in [0.1, 0.15) is 31.4 Å². The molecule has 1 heterocycles. The topological polar surface area (TPSA) is 59.3 Å². The van der Waals surface area contributed by atoms with Crippen LogP contribution in [-0.4, -0.2) is 27.0 Å². The zero-order valence-electron chi connectivity index (χ0n) is 10.1. The van der Waals surface area contributed by atoms with Crippen LogP contribution in [0, 0.1) is 0 Å². The van der Waals surface area contributed by atoms with E-state index in [0.29, 0.717) is 11.1 Å². The summed E-state index contributed by atoms with van der Waals surface area (Å²) in [4.78, 5) is 0. The molecule has 0 aliphatic rings. The van der Waals surface area contributed by atoms with Gasteiger partial charge in [-0.15, -0.1) is 0 Å². The van der Waals surface area contributed by atoms with Gasteiger partial charge in [0.15, 0.2) is 4.67 Å². The fraction of sp³-hybridized carbons (Fsp3) is 0.636. The van der Waals surface area contributed by atoms with Gasteiger partial charge in [-0.05, 0) is 41.9 Å². The maximum absolute atomic E-state index is 11.4. The first kappa shape index (κ1) is 14.7. The van der Waals surface area contributed by atoms with Crippen LogP contribution in [0.2, 0.25) is 0 Å². The van der Waals surface area contributed by atoms with Crippen molar-refractivity contribution in [2.45, 2.75) is 25.8 Å². The molecule has 0 saturated heterocycles. The molecule has 4 nitrogen and oxygen atoms in total. The van der Waals surface area contributed by atoms with Gasteiger partial charge in [-0.2, -0.15) is 0 Å². The summed E-state index contributed by atoms with van der Waals surface area (Å²) in [6, 6.07) is 2.01. The molecule has 1 unspecified atom stereocenters. The van der Waals surface area contributed by atoms with Gasteiger partial charge in [0.05, 0.1) is 12.0 Å². The molecule has 98 valence electrons. The summed E-state index contributed by atoms with van der Waals surface area (Å²) in [7, 11) is -1.01. The van der Waals surface area contributed by atoms with E-state index in [2.05, 4.69) is 21.2 Å². The van der Waals surface area contributed by atoms with Crippen LogP contribution in [0.3, 0.4) is 0 Å². The highest BCUT2D eigenvalue weighted by molar-refractivity contribution is 9.10. The average Bonchev–Trinajstić information content (AvgIpc) is 2.71. The second kappa shape index (κ2) is 6.56. The fourth-order valence-electron chi connectivity index (χ4n) is 1.66. The van der Waals surface area contributed by atoms with Crippen LogP contribution in [0.4, 0.5) is 0 Å². The zero-order chi connectivity index (χ0) is 12.9. The van der Waals surface area contributed by atoms with Gasteiger partial charge < -0.3 is 9.73 Å². The highest BCUT2D eigenvalue weighted by Crippen LogP contribution is 2.27. The maximum atomic E-state index is 11.4. The molecule has 0 aromatic carbocycles. The lowest BCUT2D eigenvalue weighted by atomic mass is 10.1. The van der Waals surface area contributed by atoms with E-state index < -0.39 is 9.84 Å². The lowest BCUT2D eigenvalue weighted by Gasteiger charge is -2.14. The summed E-state index contributed by atoms with van der Waals surface area (Å²) in [5.41, 5.74) is 1.03. The monoisotopic (exact) mass is 323 g/mol. The Hall–Kier alpha value is -0.330.